The number of non-ortho nitro benzene ring substituents is 1. The van der Waals surface area contributed by atoms with Gasteiger partial charge < -0.3 is 5.11 Å². The number of allylic oxidation sites excluding steroid dienone is 1. The maximum Gasteiger partial charge on any atom is 0.410 e. The minimum Gasteiger partial charge on any atom is -0.465 e. The molecule has 1 amide bonds. The van der Waals surface area contributed by atoms with E-state index in [0.717, 1.165) is 18.2 Å². The van der Waals surface area contributed by atoms with Crippen molar-refractivity contribution < 1.29 is 28.3 Å². The van der Waals surface area contributed by atoms with Crippen molar-refractivity contribution in [2.24, 2.45) is 4.99 Å². The van der Waals surface area contributed by atoms with Gasteiger partial charge in [-0.05, 0) is 33.3 Å². The van der Waals surface area contributed by atoms with Crippen molar-refractivity contribution in [1.29, 1.82) is 0 Å². The molecule has 1 heterocycles. The van der Waals surface area contributed by atoms with Gasteiger partial charge >= 0.3 is 6.09 Å². The molecule has 0 aromatic heterocycles. The average Bonchev–Trinajstić information content (AvgIpc) is 2.57. The molecule has 0 saturated carbocycles. The summed E-state index contributed by atoms with van der Waals surface area (Å²) in [6.07, 6.45) is -0.0620. The molecule has 1 aliphatic heterocycles. The van der Waals surface area contributed by atoms with Crippen LogP contribution in [0, 0.1) is 15.9 Å². The molecule has 1 aromatic carbocycles. The van der Waals surface area contributed by atoms with Crippen LogP contribution in [-0.2, 0) is 5.54 Å². The molecule has 11 heteroatoms. The average molecular weight is 415 g/mol. The van der Waals surface area contributed by atoms with E-state index in [1.54, 1.807) is 0 Å². The van der Waals surface area contributed by atoms with Crippen molar-refractivity contribution in [2.45, 2.75) is 42.7 Å². The first kappa shape index (κ1) is 21.8. The number of nitrogens with zero attached hydrogens (tertiary/aromatic N) is 2. The molecule has 0 spiro atoms. The summed E-state index contributed by atoms with van der Waals surface area (Å²) in [5.74, 6) is -1.11. The van der Waals surface area contributed by atoms with Gasteiger partial charge in [0.25, 0.3) is 5.69 Å². The molecule has 1 aliphatic rings. The highest BCUT2D eigenvalue weighted by molar-refractivity contribution is 8.26. The molecular formula is C17H22FN3O6S. The minimum absolute atomic E-state index is 0.00818. The monoisotopic (exact) mass is 415 g/mol. The van der Waals surface area contributed by atoms with Crippen molar-refractivity contribution in [3.05, 3.63) is 52.3 Å². The van der Waals surface area contributed by atoms with E-state index in [2.05, 4.69) is 16.9 Å². The third-order valence-corrected chi connectivity index (χ3v) is 8.14. The van der Waals surface area contributed by atoms with Crippen molar-refractivity contribution in [3.63, 3.8) is 0 Å². The van der Waals surface area contributed by atoms with Gasteiger partial charge in [0.05, 0.1) is 10.2 Å². The number of hydrogen-bond donors (Lipinski definition) is 4. The van der Waals surface area contributed by atoms with Crippen molar-refractivity contribution in [2.75, 3.05) is 0 Å². The van der Waals surface area contributed by atoms with Crippen LogP contribution in [0.3, 0.4) is 0 Å². The zero-order valence-electron chi connectivity index (χ0n) is 15.5. The summed E-state index contributed by atoms with van der Waals surface area (Å²) in [7, 11) is -3.63. The summed E-state index contributed by atoms with van der Waals surface area (Å²) in [5, 5.41) is 21.2. The number of benzene rings is 1. The lowest BCUT2D eigenvalue weighted by molar-refractivity contribution is -0.385. The van der Waals surface area contributed by atoms with Crippen LogP contribution >= 0.6 is 10.6 Å². The summed E-state index contributed by atoms with van der Waals surface area (Å²) in [6, 6.07) is 2.85. The molecular weight excluding hydrogens is 393 g/mol. The molecule has 0 bridgehead atoms. The predicted molar refractivity (Wildman–Crippen MR) is 105 cm³/mol. The lowest BCUT2D eigenvalue weighted by atomic mass is 9.85. The van der Waals surface area contributed by atoms with E-state index in [0.29, 0.717) is 0 Å². The van der Waals surface area contributed by atoms with E-state index >= 15 is 0 Å². The van der Waals surface area contributed by atoms with Crippen molar-refractivity contribution in [1.82, 2.24) is 5.32 Å². The van der Waals surface area contributed by atoms with Crippen molar-refractivity contribution >= 4 is 28.2 Å². The fourth-order valence-electron chi connectivity index (χ4n) is 3.30. The van der Waals surface area contributed by atoms with E-state index in [1.165, 1.54) is 26.8 Å². The van der Waals surface area contributed by atoms with Gasteiger partial charge in [-0.1, -0.05) is 6.08 Å². The van der Waals surface area contributed by atoms with E-state index in [9.17, 15) is 28.4 Å². The second-order valence-corrected chi connectivity index (χ2v) is 9.85. The van der Waals surface area contributed by atoms with Crippen LogP contribution in [0.15, 0.2) is 35.8 Å². The SMILES string of the molecule is C=CC[C@H]1[C@@](C)(c2cc([N+](=O)[O-])ccc2F)N=C(NC(=O)O)C(C)(C)S1(O)O. The zero-order valence-corrected chi connectivity index (χ0v) is 16.4. The number of amides is 1. The molecule has 154 valence electrons. The van der Waals surface area contributed by atoms with Gasteiger partial charge in [0.15, 0.2) is 0 Å². The Morgan fingerprint density at radius 3 is 2.57 bits per heavy atom. The van der Waals surface area contributed by atoms with Crippen LogP contribution in [0.5, 0.6) is 0 Å². The molecule has 0 unspecified atom stereocenters. The van der Waals surface area contributed by atoms with Crippen LogP contribution in [0.4, 0.5) is 14.9 Å². The summed E-state index contributed by atoms with van der Waals surface area (Å²) in [5.41, 5.74) is -2.34. The lowest BCUT2D eigenvalue weighted by Crippen LogP contribution is -2.58. The summed E-state index contributed by atoms with van der Waals surface area (Å²) in [4.78, 5) is 26.0. The van der Waals surface area contributed by atoms with E-state index in [-0.39, 0.29) is 17.8 Å². The van der Waals surface area contributed by atoms with Gasteiger partial charge in [-0.2, -0.15) is 10.6 Å². The third kappa shape index (κ3) is 3.36. The molecule has 2 atom stereocenters. The quantitative estimate of drug-likeness (QED) is 0.331. The van der Waals surface area contributed by atoms with E-state index < -0.39 is 48.6 Å². The van der Waals surface area contributed by atoms with Crippen molar-refractivity contribution in [3.8, 4) is 0 Å². The highest BCUT2D eigenvalue weighted by Gasteiger charge is 2.57. The number of rotatable bonds is 4. The Bertz CT molecular complexity index is 872. The summed E-state index contributed by atoms with van der Waals surface area (Å²) < 4.78 is 35.3. The minimum atomic E-state index is -3.63. The van der Waals surface area contributed by atoms with Gasteiger partial charge in [-0.3, -0.25) is 29.5 Å². The van der Waals surface area contributed by atoms with Gasteiger partial charge in [0.1, 0.15) is 21.9 Å². The Morgan fingerprint density at radius 1 is 1.46 bits per heavy atom. The van der Waals surface area contributed by atoms with Gasteiger partial charge in [0.2, 0.25) is 0 Å². The molecule has 2 rings (SSSR count). The largest absolute Gasteiger partial charge is 0.465 e. The number of halogens is 1. The van der Waals surface area contributed by atoms with Crippen LogP contribution in [0.1, 0.15) is 32.8 Å². The summed E-state index contributed by atoms with van der Waals surface area (Å²) in [6.45, 7) is 7.81. The Morgan fingerprint density at radius 2 is 2.07 bits per heavy atom. The van der Waals surface area contributed by atoms with Crippen LogP contribution < -0.4 is 5.32 Å². The van der Waals surface area contributed by atoms with E-state index in [1.807, 2.05) is 0 Å². The number of nitro groups is 1. The molecule has 9 nitrogen and oxygen atoms in total. The fraction of sp³-hybridized carbons (Fsp3) is 0.412. The first-order valence-electron chi connectivity index (χ1n) is 8.21. The zero-order chi connectivity index (χ0) is 21.5. The van der Waals surface area contributed by atoms with Gasteiger partial charge in [-0.15, -0.1) is 6.58 Å². The fourth-order valence-corrected chi connectivity index (χ4v) is 5.62. The normalized spacial score (nSPS) is 26.6. The lowest BCUT2D eigenvalue weighted by Gasteiger charge is -2.59. The highest BCUT2D eigenvalue weighted by Crippen LogP contribution is 2.65. The van der Waals surface area contributed by atoms with Gasteiger partial charge in [0, 0.05) is 17.7 Å². The van der Waals surface area contributed by atoms with Crippen LogP contribution in [-0.4, -0.2) is 41.1 Å². The number of nitrogens with one attached hydrogen (secondary N) is 1. The number of nitro benzene ring substituents is 1. The molecule has 1 aromatic rings. The molecule has 0 aliphatic carbocycles. The Kier molecular flexibility index (Phi) is 5.57. The van der Waals surface area contributed by atoms with Gasteiger partial charge in [-0.25, -0.2) is 9.18 Å². The Hall–Kier alpha value is -2.50. The number of aliphatic imine (C=N–C) groups is 1. The molecule has 0 fully saturated rings. The van der Waals surface area contributed by atoms with Crippen LogP contribution in [0.25, 0.3) is 0 Å². The molecule has 0 radical (unpaired) electrons. The standard InChI is InChI=1S/C17H22FN3O6S/c1-5-6-13-17(4,11-9-10(21(24)25)7-8-12(11)18)20-14(19-15(22)23)16(2,3)28(13,26)27/h5,7-9,13,26-27H,1,6H2,2-4H3,(H,19,20)(H,22,23)/t13-,17+/m0/s1. The topological polar surface area (TPSA) is 145 Å². The maximum absolute atomic E-state index is 14.7. The molecule has 0 saturated heterocycles. The number of carbonyl (C=O) groups is 1. The van der Waals surface area contributed by atoms with Crippen LogP contribution in [0.2, 0.25) is 0 Å². The third-order valence-electron chi connectivity index (χ3n) is 5.00. The Balaban J connectivity index is 2.86. The Labute approximate surface area is 162 Å². The molecule has 4 N–H and O–H groups in total. The number of carboxylic acid groups (broad SMARTS) is 1. The first-order valence-corrected chi connectivity index (χ1v) is 9.82. The predicted octanol–water partition coefficient (Wildman–Crippen LogP) is 4.10. The first-order chi connectivity index (χ1) is 12.8. The smallest absolute Gasteiger partial charge is 0.410 e. The maximum atomic E-state index is 14.7. The molecule has 28 heavy (non-hydrogen) atoms. The summed E-state index contributed by atoms with van der Waals surface area (Å²) >= 11 is 0. The highest BCUT2D eigenvalue weighted by atomic mass is 32.3. The van der Waals surface area contributed by atoms with E-state index in [4.69, 9.17) is 5.11 Å². The number of hydrogen-bond acceptors (Lipinski definition) is 6. The number of amidine groups is 1. The second kappa shape index (κ2) is 7.15. The second-order valence-electron chi connectivity index (χ2n) is 7.08.